The zero-order chi connectivity index (χ0) is 14.4. The molecule has 0 fully saturated rings. The van der Waals surface area contributed by atoms with Gasteiger partial charge >= 0.3 is 0 Å². The second-order valence-electron chi connectivity index (χ2n) is 4.15. The Labute approximate surface area is 122 Å². The normalized spacial score (nSPS) is 14.4. The van der Waals surface area contributed by atoms with Crippen LogP contribution >= 0.6 is 11.8 Å². The number of aliphatic imine (C=N–C) groups is 1. The lowest BCUT2D eigenvalue weighted by Crippen LogP contribution is -2.08. The molecule has 0 N–H and O–H groups in total. The molecule has 0 aromatic heterocycles. The van der Waals surface area contributed by atoms with Crippen molar-refractivity contribution in [1.82, 2.24) is 4.90 Å². The van der Waals surface area contributed by atoms with Gasteiger partial charge in [0.05, 0.1) is 12.6 Å². The average Bonchev–Trinajstić information content (AvgIpc) is 2.89. The summed E-state index contributed by atoms with van der Waals surface area (Å²) in [6, 6.07) is 5.62. The molecule has 0 spiro atoms. The maximum Gasteiger partial charge on any atom is 0.231 e. The number of amidine groups is 1. The molecule has 1 heterocycles. The minimum atomic E-state index is 0.268. The fourth-order valence-electron chi connectivity index (χ4n) is 1.42. The highest BCUT2D eigenvalue weighted by Crippen LogP contribution is 2.31. The fraction of sp³-hybridized carbons (Fsp3) is 0.308. The van der Waals surface area contributed by atoms with Gasteiger partial charge in [-0.05, 0) is 30.0 Å². The van der Waals surface area contributed by atoms with Crippen LogP contribution in [0.5, 0.6) is 11.5 Å². The minimum absolute atomic E-state index is 0.268. The number of hydrogen-bond acceptors (Lipinski definition) is 5. The van der Waals surface area contributed by atoms with Gasteiger partial charge in [0, 0.05) is 14.1 Å². The number of fused-ring (bicyclic) bond motifs is 1. The second kappa shape index (κ2) is 6.95. The lowest BCUT2D eigenvalue weighted by Gasteiger charge is -2.01. The molecule has 7 heteroatoms. The van der Waals surface area contributed by atoms with Crippen molar-refractivity contribution >= 4 is 29.5 Å². The Hall–Kier alpha value is -2.02. The molecule has 2 rings (SSSR count). The summed E-state index contributed by atoms with van der Waals surface area (Å²) in [5.41, 5.74) is 0.898. The van der Waals surface area contributed by atoms with Crippen LogP contribution < -0.4 is 9.47 Å². The van der Waals surface area contributed by atoms with Crippen LogP contribution in [0.25, 0.3) is 0 Å². The van der Waals surface area contributed by atoms with E-state index < -0.39 is 0 Å². The molecule has 106 valence electrons. The van der Waals surface area contributed by atoms with Crippen molar-refractivity contribution in [1.29, 1.82) is 0 Å². The number of ether oxygens (including phenoxy) is 2. The van der Waals surface area contributed by atoms with Gasteiger partial charge < -0.3 is 14.4 Å². The van der Waals surface area contributed by atoms with E-state index in [9.17, 15) is 0 Å². The number of hydrogen-bond donors (Lipinski definition) is 0. The summed E-state index contributed by atoms with van der Waals surface area (Å²) in [7, 11) is 3.80. The third-order valence-corrected chi connectivity index (χ3v) is 2.88. The van der Waals surface area contributed by atoms with Gasteiger partial charge in [0.2, 0.25) is 12.0 Å². The SMILES string of the molecule is CSC(N=CN(C)C)=NN=Cc1ccc2c(c1)OCO2. The molecular weight excluding hydrogens is 276 g/mol. The van der Waals surface area contributed by atoms with E-state index >= 15 is 0 Å². The minimum Gasteiger partial charge on any atom is -0.454 e. The first-order chi connectivity index (χ1) is 9.69. The highest BCUT2D eigenvalue weighted by atomic mass is 32.2. The van der Waals surface area contributed by atoms with Crippen molar-refractivity contribution in [2.45, 2.75) is 0 Å². The maximum absolute atomic E-state index is 5.30. The van der Waals surface area contributed by atoms with Crippen LogP contribution in [-0.2, 0) is 0 Å². The maximum atomic E-state index is 5.30. The van der Waals surface area contributed by atoms with E-state index in [2.05, 4.69) is 15.2 Å². The Morgan fingerprint density at radius 2 is 2.10 bits per heavy atom. The van der Waals surface area contributed by atoms with E-state index in [1.165, 1.54) is 11.8 Å². The van der Waals surface area contributed by atoms with Crippen LogP contribution in [0.2, 0.25) is 0 Å². The number of nitrogens with zero attached hydrogens (tertiary/aromatic N) is 4. The summed E-state index contributed by atoms with van der Waals surface area (Å²) in [5, 5.41) is 8.68. The van der Waals surface area contributed by atoms with Crippen molar-refractivity contribution in [2.24, 2.45) is 15.2 Å². The number of thioether (sulfide) groups is 1. The molecule has 1 aliphatic rings. The van der Waals surface area contributed by atoms with E-state index in [1.54, 1.807) is 12.6 Å². The van der Waals surface area contributed by atoms with Gasteiger partial charge in [0.25, 0.3) is 0 Å². The monoisotopic (exact) mass is 292 g/mol. The summed E-state index contributed by atoms with van der Waals surface area (Å²) in [4.78, 5) is 6.03. The van der Waals surface area contributed by atoms with Crippen molar-refractivity contribution in [3.8, 4) is 11.5 Å². The third kappa shape index (κ3) is 3.99. The molecule has 1 aromatic carbocycles. The van der Waals surface area contributed by atoms with Gasteiger partial charge in [-0.3, -0.25) is 0 Å². The Morgan fingerprint density at radius 3 is 2.85 bits per heavy atom. The molecule has 0 aliphatic carbocycles. The Bertz CT molecular complexity index is 555. The van der Waals surface area contributed by atoms with Crippen molar-refractivity contribution in [3.05, 3.63) is 23.8 Å². The first-order valence-corrected chi connectivity index (χ1v) is 7.17. The van der Waals surface area contributed by atoms with Crippen LogP contribution in [0, 0.1) is 0 Å². The molecule has 0 saturated heterocycles. The molecular formula is C13H16N4O2S. The van der Waals surface area contributed by atoms with Gasteiger partial charge in [-0.15, -0.1) is 5.10 Å². The second-order valence-corrected chi connectivity index (χ2v) is 4.93. The van der Waals surface area contributed by atoms with Crippen LogP contribution in [0.3, 0.4) is 0 Å². The van der Waals surface area contributed by atoms with Crippen LogP contribution in [0.15, 0.2) is 33.4 Å². The molecule has 0 radical (unpaired) electrons. The molecule has 6 nitrogen and oxygen atoms in total. The summed E-state index contributed by atoms with van der Waals surface area (Å²) in [6.45, 7) is 0.268. The van der Waals surface area contributed by atoms with Crippen LogP contribution in [0.4, 0.5) is 0 Å². The molecule has 0 atom stereocenters. The molecule has 0 saturated carbocycles. The average molecular weight is 292 g/mol. The number of benzene rings is 1. The van der Waals surface area contributed by atoms with Gasteiger partial charge in [-0.2, -0.15) is 5.10 Å². The summed E-state index contributed by atoms with van der Waals surface area (Å²) < 4.78 is 10.5. The molecule has 1 aliphatic heterocycles. The highest BCUT2D eigenvalue weighted by Gasteiger charge is 2.12. The fourth-order valence-corrected chi connectivity index (χ4v) is 1.70. The standard InChI is InChI=1S/C13H16N4O2S/c1-17(2)8-14-13(20-3)16-15-7-10-4-5-11-12(6-10)19-9-18-11/h4-8H,9H2,1-3H3. The van der Waals surface area contributed by atoms with E-state index in [-0.39, 0.29) is 6.79 Å². The predicted octanol–water partition coefficient (Wildman–Crippen LogP) is 2.06. The van der Waals surface area contributed by atoms with Gasteiger partial charge in [-0.25, -0.2) is 4.99 Å². The summed E-state index contributed by atoms with van der Waals surface area (Å²) in [6.07, 6.45) is 5.25. The smallest absolute Gasteiger partial charge is 0.231 e. The summed E-state index contributed by atoms with van der Waals surface area (Å²) in [5.74, 6) is 1.49. The zero-order valence-electron chi connectivity index (χ0n) is 11.6. The quantitative estimate of drug-likeness (QED) is 0.486. The third-order valence-electron chi connectivity index (χ3n) is 2.33. The van der Waals surface area contributed by atoms with Gasteiger partial charge in [0.15, 0.2) is 11.5 Å². The van der Waals surface area contributed by atoms with E-state index in [1.807, 2.05) is 43.5 Å². The van der Waals surface area contributed by atoms with Crippen molar-refractivity contribution in [2.75, 3.05) is 27.1 Å². The number of rotatable bonds is 3. The van der Waals surface area contributed by atoms with E-state index in [0.29, 0.717) is 5.17 Å². The molecule has 0 amide bonds. The van der Waals surface area contributed by atoms with Crippen molar-refractivity contribution in [3.63, 3.8) is 0 Å². The lowest BCUT2D eigenvalue weighted by molar-refractivity contribution is 0.174. The predicted molar refractivity (Wildman–Crippen MR) is 83.3 cm³/mol. The molecule has 0 bridgehead atoms. The summed E-state index contributed by atoms with van der Waals surface area (Å²) >= 11 is 1.43. The van der Waals surface area contributed by atoms with Crippen LogP contribution in [0.1, 0.15) is 5.56 Å². The largest absolute Gasteiger partial charge is 0.454 e. The Balaban J connectivity index is 2.04. The van der Waals surface area contributed by atoms with Gasteiger partial charge in [0.1, 0.15) is 0 Å². The zero-order valence-corrected chi connectivity index (χ0v) is 12.4. The van der Waals surface area contributed by atoms with Crippen molar-refractivity contribution < 1.29 is 9.47 Å². The van der Waals surface area contributed by atoms with Gasteiger partial charge in [-0.1, -0.05) is 11.8 Å². The first-order valence-electron chi connectivity index (χ1n) is 5.94. The molecule has 0 unspecified atom stereocenters. The highest BCUT2D eigenvalue weighted by molar-refractivity contribution is 8.13. The topological polar surface area (TPSA) is 58.8 Å². The Kier molecular flexibility index (Phi) is 5.00. The van der Waals surface area contributed by atoms with Crippen LogP contribution in [-0.4, -0.2) is 49.8 Å². The lowest BCUT2D eigenvalue weighted by atomic mass is 10.2. The molecule has 20 heavy (non-hydrogen) atoms. The van der Waals surface area contributed by atoms with E-state index in [4.69, 9.17) is 9.47 Å². The Morgan fingerprint density at radius 1 is 1.30 bits per heavy atom. The first kappa shape index (κ1) is 14.4. The van der Waals surface area contributed by atoms with E-state index in [0.717, 1.165) is 17.1 Å². The molecule has 1 aromatic rings.